The van der Waals surface area contributed by atoms with Gasteiger partial charge in [-0.3, -0.25) is 13.9 Å². The minimum Gasteiger partial charge on any atom is -0.355 e. The first-order valence-electron chi connectivity index (χ1n) is 12.0. The van der Waals surface area contributed by atoms with Crippen LogP contribution in [0.5, 0.6) is 0 Å². The lowest BCUT2D eigenvalue weighted by Crippen LogP contribution is -2.51. The third kappa shape index (κ3) is 6.74. The van der Waals surface area contributed by atoms with E-state index in [1.165, 1.54) is 41.3 Å². The van der Waals surface area contributed by atoms with Crippen LogP contribution in [-0.4, -0.2) is 44.3 Å². The molecule has 0 radical (unpaired) electrons. The van der Waals surface area contributed by atoms with Gasteiger partial charge in [-0.1, -0.05) is 36.4 Å². The highest BCUT2D eigenvalue weighted by Gasteiger charge is 2.32. The molecule has 0 heterocycles. The van der Waals surface area contributed by atoms with Crippen molar-refractivity contribution in [1.29, 1.82) is 0 Å². The van der Waals surface area contributed by atoms with E-state index in [0.717, 1.165) is 15.4 Å². The molecule has 37 heavy (non-hydrogen) atoms. The van der Waals surface area contributed by atoms with Crippen LogP contribution < -0.4 is 9.62 Å². The van der Waals surface area contributed by atoms with Gasteiger partial charge in [-0.2, -0.15) is 0 Å². The van der Waals surface area contributed by atoms with Crippen LogP contribution >= 0.6 is 0 Å². The van der Waals surface area contributed by atoms with Crippen molar-refractivity contribution in [2.24, 2.45) is 0 Å². The molecule has 0 saturated heterocycles. The number of sulfonamides is 1. The van der Waals surface area contributed by atoms with Gasteiger partial charge in [0.25, 0.3) is 10.0 Å². The molecule has 7 nitrogen and oxygen atoms in total. The Morgan fingerprint density at radius 3 is 2.19 bits per heavy atom. The zero-order chi connectivity index (χ0) is 27.2. The van der Waals surface area contributed by atoms with E-state index in [1.807, 2.05) is 13.8 Å². The normalized spacial score (nSPS) is 12.0. The third-order valence-corrected chi connectivity index (χ3v) is 7.96. The molecule has 3 aromatic rings. The molecule has 0 spiro atoms. The van der Waals surface area contributed by atoms with Gasteiger partial charge in [0.05, 0.1) is 10.6 Å². The van der Waals surface area contributed by atoms with Crippen molar-refractivity contribution >= 4 is 27.5 Å². The van der Waals surface area contributed by atoms with Crippen LogP contribution in [0.25, 0.3) is 0 Å². The van der Waals surface area contributed by atoms with E-state index in [9.17, 15) is 22.4 Å². The first-order valence-corrected chi connectivity index (χ1v) is 13.4. The Bertz CT molecular complexity index is 1350. The summed E-state index contributed by atoms with van der Waals surface area (Å²) in [4.78, 5) is 27.8. The van der Waals surface area contributed by atoms with Gasteiger partial charge >= 0.3 is 0 Å². The van der Waals surface area contributed by atoms with Gasteiger partial charge in [-0.15, -0.1) is 0 Å². The fraction of sp³-hybridized carbons (Fsp3) is 0.286. The molecule has 0 aliphatic carbocycles. The maximum atomic E-state index is 13.7. The fourth-order valence-corrected chi connectivity index (χ4v) is 5.25. The zero-order valence-corrected chi connectivity index (χ0v) is 22.3. The predicted molar refractivity (Wildman–Crippen MR) is 142 cm³/mol. The minimum atomic E-state index is -4.11. The number of anilines is 1. The van der Waals surface area contributed by atoms with Gasteiger partial charge in [-0.05, 0) is 80.8 Å². The second-order valence-corrected chi connectivity index (χ2v) is 10.7. The molecular formula is C28H32FN3O4S. The monoisotopic (exact) mass is 525 g/mol. The van der Waals surface area contributed by atoms with E-state index in [0.29, 0.717) is 17.8 Å². The third-order valence-electron chi connectivity index (χ3n) is 6.17. The van der Waals surface area contributed by atoms with Gasteiger partial charge in [0, 0.05) is 13.1 Å². The Balaban J connectivity index is 2.03. The largest absolute Gasteiger partial charge is 0.355 e. The summed E-state index contributed by atoms with van der Waals surface area (Å²) >= 11 is 0. The highest BCUT2D eigenvalue weighted by molar-refractivity contribution is 7.92. The molecule has 0 aliphatic rings. The number of hydrogen-bond acceptors (Lipinski definition) is 4. The van der Waals surface area contributed by atoms with Crippen molar-refractivity contribution in [3.63, 3.8) is 0 Å². The van der Waals surface area contributed by atoms with Crippen molar-refractivity contribution in [2.45, 2.75) is 45.2 Å². The Morgan fingerprint density at radius 2 is 1.59 bits per heavy atom. The lowest BCUT2D eigenvalue weighted by atomic mass is 10.1. The number of carbonyl (C=O) groups is 2. The van der Waals surface area contributed by atoms with Crippen LogP contribution in [0.4, 0.5) is 10.1 Å². The summed E-state index contributed by atoms with van der Waals surface area (Å²) < 4.78 is 42.0. The number of likely N-dealkylation sites (N-methyl/N-ethyl adjacent to an activating group) is 1. The summed E-state index contributed by atoms with van der Waals surface area (Å²) in [6.07, 6.45) is 0. The maximum Gasteiger partial charge on any atom is 0.264 e. The fourth-order valence-electron chi connectivity index (χ4n) is 3.82. The molecule has 0 saturated carbocycles. The van der Waals surface area contributed by atoms with E-state index in [4.69, 9.17) is 0 Å². The first-order chi connectivity index (χ1) is 17.5. The average molecular weight is 526 g/mol. The topological polar surface area (TPSA) is 86.8 Å². The summed E-state index contributed by atoms with van der Waals surface area (Å²) in [5.74, 6) is -1.37. The van der Waals surface area contributed by atoms with E-state index in [-0.39, 0.29) is 17.3 Å². The maximum absolute atomic E-state index is 13.7. The van der Waals surface area contributed by atoms with Crippen LogP contribution in [0.15, 0.2) is 77.7 Å². The van der Waals surface area contributed by atoms with Crippen LogP contribution in [0.2, 0.25) is 0 Å². The number of nitrogens with one attached hydrogen (secondary N) is 1. The summed E-state index contributed by atoms with van der Waals surface area (Å²) in [6.45, 7) is 6.99. The molecule has 0 bridgehead atoms. The number of nitrogens with zero attached hydrogens (tertiary/aromatic N) is 2. The SMILES string of the molecule is CCNC(=O)C(C)N(Cc1ccc(F)cc1)C(=O)CN(c1ccc(C)c(C)c1)S(=O)(=O)c1ccccc1. The van der Waals surface area contributed by atoms with Gasteiger partial charge in [0.2, 0.25) is 11.8 Å². The molecule has 3 aromatic carbocycles. The predicted octanol–water partition coefficient (Wildman–Crippen LogP) is 4.19. The summed E-state index contributed by atoms with van der Waals surface area (Å²) in [7, 11) is -4.11. The molecule has 2 amide bonds. The van der Waals surface area contributed by atoms with Crippen LogP contribution in [-0.2, 0) is 26.2 Å². The Hall–Kier alpha value is -3.72. The summed E-state index contributed by atoms with van der Waals surface area (Å²) in [5, 5.41) is 2.71. The highest BCUT2D eigenvalue weighted by Crippen LogP contribution is 2.26. The second-order valence-electron chi connectivity index (χ2n) is 8.81. The minimum absolute atomic E-state index is 0.00354. The van der Waals surface area contributed by atoms with Gasteiger partial charge in [0.15, 0.2) is 0 Å². The highest BCUT2D eigenvalue weighted by atomic mass is 32.2. The number of aryl methyl sites for hydroxylation is 2. The molecule has 1 unspecified atom stereocenters. The first kappa shape index (κ1) is 27.9. The number of amides is 2. The van der Waals surface area contributed by atoms with Gasteiger partial charge < -0.3 is 10.2 Å². The Kier molecular flexibility index (Phi) is 9.04. The lowest BCUT2D eigenvalue weighted by molar-refractivity contribution is -0.139. The molecule has 0 aromatic heterocycles. The number of carbonyl (C=O) groups excluding carboxylic acids is 2. The van der Waals surface area contributed by atoms with Crippen molar-refractivity contribution in [3.8, 4) is 0 Å². The molecule has 1 atom stereocenters. The summed E-state index contributed by atoms with van der Waals surface area (Å²) in [6, 6.07) is 17.8. The zero-order valence-electron chi connectivity index (χ0n) is 21.4. The number of halogens is 1. The van der Waals surface area contributed by atoms with E-state index < -0.39 is 34.3 Å². The van der Waals surface area contributed by atoms with Crippen LogP contribution in [0.3, 0.4) is 0 Å². The van der Waals surface area contributed by atoms with Gasteiger partial charge in [0.1, 0.15) is 18.4 Å². The smallest absolute Gasteiger partial charge is 0.264 e. The van der Waals surface area contributed by atoms with E-state index in [1.54, 1.807) is 50.2 Å². The summed E-state index contributed by atoms with van der Waals surface area (Å²) in [5.41, 5.74) is 2.80. The molecule has 0 aliphatic heterocycles. The lowest BCUT2D eigenvalue weighted by Gasteiger charge is -2.32. The van der Waals surface area contributed by atoms with E-state index in [2.05, 4.69) is 5.32 Å². The Morgan fingerprint density at radius 1 is 0.946 bits per heavy atom. The Labute approximate surface area is 218 Å². The molecule has 196 valence electrons. The number of hydrogen-bond donors (Lipinski definition) is 1. The van der Waals surface area contributed by atoms with Crippen molar-refractivity contribution in [2.75, 3.05) is 17.4 Å². The standard InChI is InChI=1S/C28H32FN3O4S/c1-5-30-28(34)22(4)31(18-23-12-14-24(29)15-13-23)27(33)19-32(25-16-11-20(2)21(3)17-25)37(35,36)26-9-7-6-8-10-26/h6-17,22H,5,18-19H2,1-4H3,(H,30,34). The van der Waals surface area contributed by atoms with Crippen molar-refractivity contribution in [1.82, 2.24) is 10.2 Å². The molecule has 9 heteroatoms. The van der Waals surface area contributed by atoms with Crippen LogP contribution in [0, 0.1) is 19.7 Å². The average Bonchev–Trinajstić information content (AvgIpc) is 2.88. The number of benzene rings is 3. The second kappa shape index (κ2) is 12.0. The molecular weight excluding hydrogens is 493 g/mol. The van der Waals surface area contributed by atoms with Crippen LogP contribution in [0.1, 0.15) is 30.5 Å². The van der Waals surface area contributed by atoms with Crippen molar-refractivity contribution in [3.05, 3.63) is 95.3 Å². The quantitative estimate of drug-likeness (QED) is 0.430. The van der Waals surface area contributed by atoms with Gasteiger partial charge in [-0.25, -0.2) is 12.8 Å². The van der Waals surface area contributed by atoms with Crippen molar-refractivity contribution < 1.29 is 22.4 Å². The molecule has 1 N–H and O–H groups in total. The molecule has 0 fully saturated rings. The van der Waals surface area contributed by atoms with E-state index >= 15 is 0 Å². The molecule has 3 rings (SSSR count). The number of rotatable bonds is 10.